The second kappa shape index (κ2) is 2.99. The molecule has 0 amide bonds. The van der Waals surface area contributed by atoms with Crippen molar-refractivity contribution in [1.82, 2.24) is 4.98 Å². The molecule has 1 aromatic heterocycles. The molecule has 5 heteroatoms. The highest BCUT2D eigenvalue weighted by molar-refractivity contribution is 7.15. The first-order valence-corrected chi connectivity index (χ1v) is 4.95. The summed E-state index contributed by atoms with van der Waals surface area (Å²) in [6.45, 7) is 0. The predicted octanol–water partition coefficient (Wildman–Crippen LogP) is 0.915. The van der Waals surface area contributed by atoms with Gasteiger partial charge in [-0.2, -0.15) is 0 Å². The summed E-state index contributed by atoms with van der Waals surface area (Å²) < 4.78 is 0. The Balaban J connectivity index is 2.24. The number of hydrogen-bond acceptors (Lipinski definition) is 4. The zero-order valence-electron chi connectivity index (χ0n) is 6.99. The summed E-state index contributed by atoms with van der Waals surface area (Å²) >= 11 is 1.48. The van der Waals surface area contributed by atoms with Gasteiger partial charge in [0, 0.05) is 11.3 Å². The first-order chi connectivity index (χ1) is 6.16. The summed E-state index contributed by atoms with van der Waals surface area (Å²) in [5.41, 5.74) is 6.43. The molecule has 1 aliphatic carbocycles. The van der Waals surface area contributed by atoms with Crippen molar-refractivity contribution in [2.75, 3.05) is 5.73 Å². The largest absolute Gasteiger partial charge is 0.481 e. The molecule has 0 aliphatic heterocycles. The average molecular weight is 198 g/mol. The van der Waals surface area contributed by atoms with Gasteiger partial charge in [-0.25, -0.2) is 4.98 Å². The van der Waals surface area contributed by atoms with Crippen LogP contribution >= 0.6 is 11.3 Å². The van der Waals surface area contributed by atoms with Crippen LogP contribution < -0.4 is 5.73 Å². The van der Waals surface area contributed by atoms with Crippen molar-refractivity contribution in [3.05, 3.63) is 10.6 Å². The van der Waals surface area contributed by atoms with Crippen LogP contribution in [0.2, 0.25) is 0 Å². The molecular formula is C8H10N2O2S. The molecule has 1 heterocycles. The third-order valence-corrected chi connectivity index (χ3v) is 3.29. The smallest absolute Gasteiger partial charge is 0.306 e. The van der Waals surface area contributed by atoms with Crippen LogP contribution in [0.25, 0.3) is 0 Å². The van der Waals surface area contributed by atoms with E-state index in [1.165, 1.54) is 11.3 Å². The van der Waals surface area contributed by atoms with E-state index in [4.69, 9.17) is 10.8 Å². The first kappa shape index (κ1) is 8.50. The number of aromatic nitrogens is 1. The molecule has 0 bridgehead atoms. The molecule has 0 saturated heterocycles. The summed E-state index contributed by atoms with van der Waals surface area (Å²) in [6, 6.07) is 0. The van der Waals surface area contributed by atoms with Gasteiger partial charge in [-0.15, -0.1) is 11.3 Å². The molecule has 3 N–H and O–H groups in total. The molecule has 0 saturated carbocycles. The van der Waals surface area contributed by atoms with Crippen molar-refractivity contribution in [2.24, 2.45) is 5.92 Å². The molecule has 2 rings (SSSR count). The summed E-state index contributed by atoms with van der Waals surface area (Å²) in [7, 11) is 0. The Bertz CT molecular complexity index is 348. The van der Waals surface area contributed by atoms with Crippen molar-refractivity contribution in [3.8, 4) is 0 Å². The van der Waals surface area contributed by atoms with Gasteiger partial charge in [-0.1, -0.05) is 0 Å². The number of carboxylic acid groups (broad SMARTS) is 1. The number of carbonyl (C=O) groups is 1. The molecule has 13 heavy (non-hydrogen) atoms. The van der Waals surface area contributed by atoms with Crippen molar-refractivity contribution in [2.45, 2.75) is 19.3 Å². The standard InChI is InChI=1S/C8H10N2O2S/c9-8-10-5-3-4(7(11)12)1-2-6(5)13-8/h4H,1-3H2,(H2,9,10)(H,11,12). The fourth-order valence-corrected chi connectivity index (χ4v) is 2.48. The number of anilines is 1. The summed E-state index contributed by atoms with van der Waals surface area (Å²) in [6.07, 6.45) is 2.06. The lowest BCUT2D eigenvalue weighted by atomic mass is 9.91. The Morgan fingerprint density at radius 2 is 2.46 bits per heavy atom. The molecule has 0 fully saturated rings. The van der Waals surface area contributed by atoms with Gasteiger partial charge >= 0.3 is 5.97 Å². The van der Waals surface area contributed by atoms with E-state index in [9.17, 15) is 4.79 Å². The maximum absolute atomic E-state index is 10.7. The Morgan fingerprint density at radius 3 is 3.15 bits per heavy atom. The average Bonchev–Trinajstić information content (AvgIpc) is 2.42. The van der Waals surface area contributed by atoms with E-state index in [1.807, 2.05) is 0 Å². The highest BCUT2D eigenvalue weighted by Crippen LogP contribution is 2.30. The minimum Gasteiger partial charge on any atom is -0.481 e. The molecule has 0 spiro atoms. The summed E-state index contributed by atoms with van der Waals surface area (Å²) in [5, 5.41) is 9.37. The zero-order valence-corrected chi connectivity index (χ0v) is 7.80. The topological polar surface area (TPSA) is 76.2 Å². The van der Waals surface area contributed by atoms with Crippen LogP contribution in [-0.4, -0.2) is 16.1 Å². The number of hydrogen-bond donors (Lipinski definition) is 2. The molecule has 1 unspecified atom stereocenters. The van der Waals surface area contributed by atoms with Crippen LogP contribution in [0.4, 0.5) is 5.13 Å². The van der Waals surface area contributed by atoms with E-state index in [0.29, 0.717) is 18.0 Å². The van der Waals surface area contributed by atoms with Gasteiger partial charge in [0.2, 0.25) is 0 Å². The number of aryl methyl sites for hydroxylation is 1. The zero-order chi connectivity index (χ0) is 9.42. The SMILES string of the molecule is Nc1nc2c(s1)CCC(C(=O)O)C2. The number of nitrogens with two attached hydrogens (primary N) is 1. The minimum absolute atomic E-state index is 0.269. The van der Waals surface area contributed by atoms with Crippen LogP contribution in [0.5, 0.6) is 0 Å². The van der Waals surface area contributed by atoms with Gasteiger partial charge in [0.05, 0.1) is 11.6 Å². The molecule has 1 aliphatic rings. The van der Waals surface area contributed by atoms with Gasteiger partial charge in [0.15, 0.2) is 5.13 Å². The lowest BCUT2D eigenvalue weighted by Crippen LogP contribution is -2.21. The molecule has 1 atom stereocenters. The third-order valence-electron chi connectivity index (χ3n) is 2.30. The van der Waals surface area contributed by atoms with E-state index in [1.54, 1.807) is 0 Å². The lowest BCUT2D eigenvalue weighted by molar-refractivity contribution is -0.142. The van der Waals surface area contributed by atoms with Crippen molar-refractivity contribution in [3.63, 3.8) is 0 Å². The molecular weight excluding hydrogens is 188 g/mol. The van der Waals surface area contributed by atoms with Gasteiger partial charge in [-0.3, -0.25) is 4.79 Å². The molecule has 1 aromatic rings. The van der Waals surface area contributed by atoms with Gasteiger partial charge in [0.25, 0.3) is 0 Å². The monoisotopic (exact) mass is 198 g/mol. The number of nitrogens with zero attached hydrogens (tertiary/aromatic N) is 1. The second-order valence-electron chi connectivity index (χ2n) is 3.20. The number of carboxylic acids is 1. The summed E-state index contributed by atoms with van der Waals surface area (Å²) in [5.74, 6) is -0.994. The lowest BCUT2D eigenvalue weighted by Gasteiger charge is -2.16. The first-order valence-electron chi connectivity index (χ1n) is 4.13. The summed E-state index contributed by atoms with van der Waals surface area (Å²) in [4.78, 5) is 16.0. The number of nitrogen functional groups attached to an aromatic ring is 1. The fourth-order valence-electron chi connectivity index (χ4n) is 1.61. The third kappa shape index (κ3) is 1.51. The number of aliphatic carboxylic acids is 1. The van der Waals surface area contributed by atoms with E-state index >= 15 is 0 Å². The van der Waals surface area contributed by atoms with Crippen LogP contribution in [-0.2, 0) is 17.6 Å². The van der Waals surface area contributed by atoms with E-state index in [-0.39, 0.29) is 5.92 Å². The Kier molecular flexibility index (Phi) is 1.95. The quantitative estimate of drug-likeness (QED) is 0.703. The van der Waals surface area contributed by atoms with E-state index in [0.717, 1.165) is 17.0 Å². The van der Waals surface area contributed by atoms with Crippen LogP contribution in [0.1, 0.15) is 17.0 Å². The van der Waals surface area contributed by atoms with Gasteiger partial charge in [0.1, 0.15) is 0 Å². The highest BCUT2D eigenvalue weighted by atomic mass is 32.1. The Morgan fingerprint density at radius 1 is 1.69 bits per heavy atom. The van der Waals surface area contributed by atoms with Crippen LogP contribution in [0, 0.1) is 5.92 Å². The van der Waals surface area contributed by atoms with Crippen molar-refractivity contribution >= 4 is 22.4 Å². The molecule has 0 radical (unpaired) electrons. The maximum Gasteiger partial charge on any atom is 0.306 e. The predicted molar refractivity (Wildman–Crippen MR) is 49.7 cm³/mol. The normalized spacial score (nSPS) is 21.1. The van der Waals surface area contributed by atoms with Crippen molar-refractivity contribution in [1.29, 1.82) is 0 Å². The molecule has 70 valence electrons. The highest BCUT2D eigenvalue weighted by Gasteiger charge is 2.26. The van der Waals surface area contributed by atoms with Crippen LogP contribution in [0.15, 0.2) is 0 Å². The second-order valence-corrected chi connectivity index (χ2v) is 4.32. The molecule has 4 nitrogen and oxygen atoms in total. The van der Waals surface area contributed by atoms with Gasteiger partial charge in [-0.05, 0) is 12.8 Å². The van der Waals surface area contributed by atoms with E-state index < -0.39 is 5.97 Å². The minimum atomic E-state index is -0.725. The maximum atomic E-state index is 10.7. The van der Waals surface area contributed by atoms with E-state index in [2.05, 4.69) is 4.98 Å². The fraction of sp³-hybridized carbons (Fsp3) is 0.500. The van der Waals surface area contributed by atoms with Crippen LogP contribution in [0.3, 0.4) is 0 Å². The number of fused-ring (bicyclic) bond motifs is 1. The Hall–Kier alpha value is -1.10. The molecule has 0 aromatic carbocycles. The van der Waals surface area contributed by atoms with Crippen molar-refractivity contribution < 1.29 is 9.90 Å². The number of thiazole rings is 1. The Labute approximate surface area is 79.4 Å². The van der Waals surface area contributed by atoms with Gasteiger partial charge < -0.3 is 10.8 Å². The number of rotatable bonds is 1.